The minimum atomic E-state index is -0.194. The fourth-order valence-electron chi connectivity index (χ4n) is 3.55. The Labute approximate surface area is 179 Å². The van der Waals surface area contributed by atoms with Gasteiger partial charge in [-0.1, -0.05) is 17.7 Å². The maximum atomic E-state index is 12.9. The number of para-hydroxylation sites is 1. The summed E-state index contributed by atoms with van der Waals surface area (Å²) >= 11 is 6.29. The van der Waals surface area contributed by atoms with Crippen molar-refractivity contribution in [3.8, 4) is 17.0 Å². The number of nitrogens with zero attached hydrogens (tertiary/aromatic N) is 3. The molecule has 0 saturated carbocycles. The topological polar surface area (TPSA) is 90.3 Å². The first-order valence-electron chi connectivity index (χ1n) is 9.53. The standard InChI is InChI=1S/C21H22ClN5O3/c1-29-11-8-14-12-24-21(28)19-18(25-16-5-3-4-15(22)20(16)30-2)17(26-27(14)19)13-6-9-23-10-7-13/h3-7,9-10,14,25H,8,11-12H2,1-2H3,(H,24,28)/t14-/m1/s1. The highest BCUT2D eigenvalue weighted by atomic mass is 35.5. The monoisotopic (exact) mass is 427 g/mol. The summed E-state index contributed by atoms with van der Waals surface area (Å²) in [5.74, 6) is 0.298. The summed E-state index contributed by atoms with van der Waals surface area (Å²) in [5.41, 5.74) is 3.17. The van der Waals surface area contributed by atoms with E-state index >= 15 is 0 Å². The number of aromatic nitrogens is 3. The second-order valence-corrected chi connectivity index (χ2v) is 7.25. The molecule has 156 valence electrons. The molecule has 2 N–H and O–H groups in total. The minimum absolute atomic E-state index is 0.0185. The molecule has 2 aromatic heterocycles. The van der Waals surface area contributed by atoms with Crippen LogP contribution in [0, 0.1) is 0 Å². The zero-order valence-corrected chi connectivity index (χ0v) is 17.4. The van der Waals surface area contributed by atoms with Gasteiger partial charge in [-0.3, -0.25) is 14.5 Å². The maximum Gasteiger partial charge on any atom is 0.271 e. The first-order valence-corrected chi connectivity index (χ1v) is 9.91. The van der Waals surface area contributed by atoms with Gasteiger partial charge in [-0.25, -0.2) is 0 Å². The van der Waals surface area contributed by atoms with Gasteiger partial charge in [0.1, 0.15) is 5.69 Å². The highest BCUT2D eigenvalue weighted by Crippen LogP contribution is 2.40. The van der Waals surface area contributed by atoms with Gasteiger partial charge in [-0.05, 0) is 30.7 Å². The Morgan fingerprint density at radius 3 is 2.80 bits per heavy atom. The molecule has 1 aliphatic rings. The number of rotatable bonds is 7. The van der Waals surface area contributed by atoms with Crippen molar-refractivity contribution in [3.63, 3.8) is 0 Å². The largest absolute Gasteiger partial charge is 0.493 e. The number of hydrogen-bond acceptors (Lipinski definition) is 6. The number of benzene rings is 1. The number of anilines is 2. The van der Waals surface area contributed by atoms with Crippen LogP contribution in [0.25, 0.3) is 11.3 Å². The lowest BCUT2D eigenvalue weighted by Crippen LogP contribution is -2.40. The first-order chi connectivity index (χ1) is 14.6. The maximum absolute atomic E-state index is 12.9. The van der Waals surface area contributed by atoms with Crippen molar-refractivity contribution in [1.82, 2.24) is 20.1 Å². The van der Waals surface area contributed by atoms with Crippen LogP contribution in [0.3, 0.4) is 0 Å². The van der Waals surface area contributed by atoms with E-state index in [9.17, 15) is 4.79 Å². The summed E-state index contributed by atoms with van der Waals surface area (Å²) in [6, 6.07) is 9.10. The molecule has 0 fully saturated rings. The van der Waals surface area contributed by atoms with E-state index in [1.54, 1.807) is 37.4 Å². The molecule has 0 spiro atoms. The van der Waals surface area contributed by atoms with E-state index in [2.05, 4.69) is 15.6 Å². The fourth-order valence-corrected chi connectivity index (χ4v) is 3.81. The van der Waals surface area contributed by atoms with E-state index < -0.39 is 0 Å². The highest BCUT2D eigenvalue weighted by molar-refractivity contribution is 6.32. The Balaban J connectivity index is 1.87. The summed E-state index contributed by atoms with van der Waals surface area (Å²) in [7, 11) is 3.21. The smallest absolute Gasteiger partial charge is 0.271 e. The van der Waals surface area contributed by atoms with Crippen molar-refractivity contribution in [1.29, 1.82) is 0 Å². The van der Waals surface area contributed by atoms with Crippen molar-refractivity contribution in [2.75, 3.05) is 32.7 Å². The van der Waals surface area contributed by atoms with E-state index in [0.29, 0.717) is 46.7 Å². The highest BCUT2D eigenvalue weighted by Gasteiger charge is 2.32. The molecule has 4 rings (SSSR count). The Bertz CT molecular complexity index is 1050. The number of methoxy groups -OCH3 is 2. The number of hydrogen-bond donors (Lipinski definition) is 2. The van der Waals surface area contributed by atoms with Crippen molar-refractivity contribution >= 4 is 28.9 Å². The van der Waals surface area contributed by atoms with Crippen LogP contribution >= 0.6 is 11.6 Å². The van der Waals surface area contributed by atoms with Crippen LogP contribution in [0.4, 0.5) is 11.4 Å². The Hall–Kier alpha value is -3.10. The van der Waals surface area contributed by atoms with Crippen LogP contribution in [-0.2, 0) is 4.74 Å². The van der Waals surface area contributed by atoms with Crippen LogP contribution in [0.2, 0.25) is 5.02 Å². The molecule has 0 unspecified atom stereocenters. The predicted octanol–water partition coefficient (Wildman–Crippen LogP) is 3.67. The van der Waals surface area contributed by atoms with E-state index in [0.717, 1.165) is 12.0 Å². The van der Waals surface area contributed by atoms with E-state index in [1.807, 2.05) is 24.3 Å². The summed E-state index contributed by atoms with van der Waals surface area (Å²) in [4.78, 5) is 17.0. The molecule has 3 aromatic rings. The van der Waals surface area contributed by atoms with Gasteiger partial charge in [-0.15, -0.1) is 0 Å². The molecule has 0 bridgehead atoms. The number of amides is 1. The van der Waals surface area contributed by atoms with Gasteiger partial charge in [-0.2, -0.15) is 5.10 Å². The van der Waals surface area contributed by atoms with Crippen LogP contribution in [-0.4, -0.2) is 48.0 Å². The van der Waals surface area contributed by atoms with Gasteiger partial charge in [0.2, 0.25) is 0 Å². The fraction of sp³-hybridized carbons (Fsp3) is 0.286. The number of ether oxygens (including phenoxy) is 2. The van der Waals surface area contributed by atoms with Crippen molar-refractivity contribution in [2.45, 2.75) is 12.5 Å². The van der Waals surface area contributed by atoms with Gasteiger partial charge in [0, 0.05) is 38.2 Å². The molecule has 8 nitrogen and oxygen atoms in total. The average molecular weight is 428 g/mol. The molecule has 9 heteroatoms. The molecule has 1 aliphatic heterocycles. The number of halogens is 1. The second-order valence-electron chi connectivity index (χ2n) is 6.84. The molecule has 3 heterocycles. The number of fused-ring (bicyclic) bond motifs is 1. The van der Waals surface area contributed by atoms with Gasteiger partial charge < -0.3 is 20.1 Å². The van der Waals surface area contributed by atoms with Crippen molar-refractivity contribution in [2.24, 2.45) is 0 Å². The SMILES string of the molecule is COCC[C@@H]1CNC(=O)c2c(Nc3cccc(Cl)c3OC)c(-c3ccncc3)nn21. The van der Waals surface area contributed by atoms with Gasteiger partial charge in [0.15, 0.2) is 11.4 Å². The van der Waals surface area contributed by atoms with Crippen molar-refractivity contribution < 1.29 is 14.3 Å². The number of nitrogens with one attached hydrogen (secondary N) is 2. The third-order valence-electron chi connectivity index (χ3n) is 5.01. The first kappa shape index (κ1) is 20.2. The van der Waals surface area contributed by atoms with Crippen LogP contribution < -0.4 is 15.4 Å². The zero-order chi connectivity index (χ0) is 21.1. The van der Waals surface area contributed by atoms with Crippen molar-refractivity contribution in [3.05, 3.63) is 53.4 Å². The second kappa shape index (κ2) is 8.73. The summed E-state index contributed by atoms with van der Waals surface area (Å²) in [5, 5.41) is 11.6. The van der Waals surface area contributed by atoms with E-state index in [1.165, 1.54) is 0 Å². The van der Waals surface area contributed by atoms with Gasteiger partial charge in [0.05, 0.1) is 29.5 Å². The predicted molar refractivity (Wildman–Crippen MR) is 115 cm³/mol. The molecule has 1 atom stereocenters. The minimum Gasteiger partial charge on any atom is -0.493 e. The molecule has 1 amide bonds. The molecule has 0 aliphatic carbocycles. The number of carbonyl (C=O) groups excluding carboxylic acids is 1. The van der Waals surface area contributed by atoms with Gasteiger partial charge in [0.25, 0.3) is 5.91 Å². The lowest BCUT2D eigenvalue weighted by Gasteiger charge is -2.25. The molecular weight excluding hydrogens is 406 g/mol. The van der Waals surface area contributed by atoms with Crippen LogP contribution in [0.15, 0.2) is 42.7 Å². The lowest BCUT2D eigenvalue weighted by atomic mass is 10.1. The van der Waals surface area contributed by atoms with Crippen LogP contribution in [0.5, 0.6) is 5.75 Å². The quantitative estimate of drug-likeness (QED) is 0.598. The molecular formula is C21H22ClN5O3. The Morgan fingerprint density at radius 1 is 1.27 bits per heavy atom. The molecule has 0 saturated heterocycles. The van der Waals surface area contributed by atoms with E-state index in [4.69, 9.17) is 26.2 Å². The third-order valence-corrected chi connectivity index (χ3v) is 5.31. The summed E-state index contributed by atoms with van der Waals surface area (Å²) in [6.07, 6.45) is 4.11. The lowest BCUT2D eigenvalue weighted by molar-refractivity contribution is 0.0896. The van der Waals surface area contributed by atoms with Gasteiger partial charge >= 0.3 is 0 Å². The normalized spacial score (nSPS) is 15.4. The zero-order valence-electron chi connectivity index (χ0n) is 16.7. The average Bonchev–Trinajstić information content (AvgIpc) is 3.14. The Kier molecular flexibility index (Phi) is 5.87. The molecule has 30 heavy (non-hydrogen) atoms. The molecule has 1 aromatic carbocycles. The number of carbonyl (C=O) groups is 1. The van der Waals surface area contributed by atoms with Crippen LogP contribution in [0.1, 0.15) is 23.0 Å². The Morgan fingerprint density at radius 2 is 2.07 bits per heavy atom. The summed E-state index contributed by atoms with van der Waals surface area (Å²) in [6.45, 7) is 1.06. The van der Waals surface area contributed by atoms with E-state index in [-0.39, 0.29) is 11.9 Å². The summed E-state index contributed by atoms with van der Waals surface area (Å²) < 4.78 is 12.5. The third kappa shape index (κ3) is 3.71. The number of pyridine rings is 1. The molecule has 0 radical (unpaired) electrons.